The molecule has 7 unspecified atom stereocenters. The number of aliphatic hydroxyl groups excluding tert-OH is 2. The van der Waals surface area contributed by atoms with E-state index in [1.165, 1.54) is 27.7 Å². The Balaban J connectivity index is 1.24. The van der Waals surface area contributed by atoms with Crippen LogP contribution in [0.2, 0.25) is 0 Å². The molecule has 0 aliphatic carbocycles. The van der Waals surface area contributed by atoms with E-state index in [0.717, 1.165) is 29.0 Å². The number of fused-ring (bicyclic) bond motifs is 1. The predicted octanol–water partition coefficient (Wildman–Crippen LogP) is 1.71. The summed E-state index contributed by atoms with van der Waals surface area (Å²) in [4.78, 5) is 113. The Hall–Kier alpha value is -2.09. The van der Waals surface area contributed by atoms with E-state index in [9.17, 15) is 67.5 Å². The number of phosphoric acid groups is 3. The van der Waals surface area contributed by atoms with Crippen molar-refractivity contribution in [1.29, 1.82) is 0 Å². The largest absolute Gasteiger partial charge is 0.481 e. The summed E-state index contributed by atoms with van der Waals surface area (Å²) in [5.74, 6) is -2.28. The van der Waals surface area contributed by atoms with Crippen LogP contribution in [-0.2, 0) is 55.5 Å². The second-order valence-corrected chi connectivity index (χ2v) is 23.2. The SMILES string of the molecule is CC(=O)Nc1c(I)c(NC(C)=O)c(I)c(C(=O)SCCNC(=O)CCNC(=O)C(O)C(C)(C)COP(=O)(O)OP(=O)(O)OCC2OC(n3cnc4c(N)ncnc43)C(O)C2OP(=O)(O)O)c1I. The summed E-state index contributed by atoms with van der Waals surface area (Å²) in [5.41, 5.74) is 5.14. The molecule has 3 aromatic rings. The lowest BCUT2D eigenvalue weighted by Crippen LogP contribution is -2.46. The number of benzene rings is 1. The number of nitrogens with two attached hydrogens (primary N) is 1. The van der Waals surface area contributed by atoms with Crippen molar-refractivity contribution in [1.82, 2.24) is 30.2 Å². The molecule has 2 aromatic heterocycles. The van der Waals surface area contributed by atoms with Crippen LogP contribution in [0.5, 0.6) is 0 Å². The molecule has 0 saturated carbocycles. The van der Waals surface area contributed by atoms with E-state index in [4.69, 9.17) is 19.5 Å². The summed E-state index contributed by atoms with van der Waals surface area (Å²) < 4.78 is 63.9. The molecule has 4 amide bonds. The molecule has 1 saturated heterocycles. The minimum absolute atomic E-state index is 0.0150. The van der Waals surface area contributed by atoms with Gasteiger partial charge in [0.1, 0.15) is 36.3 Å². The first-order chi connectivity index (χ1) is 30.9. The highest BCUT2D eigenvalue weighted by molar-refractivity contribution is 14.1. The van der Waals surface area contributed by atoms with Crippen molar-refractivity contribution in [2.75, 3.05) is 48.4 Å². The van der Waals surface area contributed by atoms with Crippen LogP contribution in [0.15, 0.2) is 12.7 Å². The molecule has 0 spiro atoms. The summed E-state index contributed by atoms with van der Waals surface area (Å²) in [7, 11) is -16.5. The van der Waals surface area contributed by atoms with Gasteiger partial charge in [0, 0.05) is 44.5 Å². The molecule has 67 heavy (non-hydrogen) atoms. The van der Waals surface area contributed by atoms with Gasteiger partial charge in [-0.05, 0) is 67.8 Å². The number of amides is 4. The van der Waals surface area contributed by atoms with Crippen LogP contribution < -0.4 is 27.0 Å². The Bertz CT molecular complexity index is 2500. The predicted molar refractivity (Wildman–Crippen MR) is 260 cm³/mol. The molecule has 372 valence electrons. The van der Waals surface area contributed by atoms with Gasteiger partial charge in [0.15, 0.2) is 17.7 Å². The molecule has 35 heteroatoms. The van der Waals surface area contributed by atoms with Gasteiger partial charge >= 0.3 is 23.5 Å². The van der Waals surface area contributed by atoms with Crippen molar-refractivity contribution in [3.8, 4) is 0 Å². The van der Waals surface area contributed by atoms with Gasteiger partial charge in [-0.3, -0.25) is 42.1 Å². The van der Waals surface area contributed by atoms with Crippen molar-refractivity contribution in [3.05, 3.63) is 28.9 Å². The van der Waals surface area contributed by atoms with Gasteiger partial charge in [0.05, 0.1) is 47.2 Å². The number of carbonyl (C=O) groups excluding carboxylic acids is 5. The second-order valence-electron chi connectivity index (χ2n) is 14.6. The van der Waals surface area contributed by atoms with Crippen LogP contribution in [0.1, 0.15) is 50.7 Å². The molecular formula is C32H43I3N9O19P3S. The number of halogens is 3. The van der Waals surface area contributed by atoms with Crippen LogP contribution in [0.3, 0.4) is 0 Å². The maximum atomic E-state index is 13.3. The number of carbonyl (C=O) groups is 5. The summed E-state index contributed by atoms with van der Waals surface area (Å²) in [6.45, 7) is 2.71. The number of ether oxygens (including phenoxy) is 1. The summed E-state index contributed by atoms with van der Waals surface area (Å²) in [6, 6.07) is 0. The standard InChI is InChI=1S/C32H43I3N9O19P3S/c1-13(45)42-21-18(33)17(19(34)22(20(21)35)43-14(2)46)31(51)67-8-7-37-16(47)5-6-38-29(50)26(49)32(3,4)10-60-66(57,58)63-65(55,56)59-9-15-25(62-64(52,53)54)24(48)30(61-15)44-12-41-23-27(36)39-11-40-28(23)44/h11-12,15,24-26,30,48-49H,5-10H2,1-4H3,(H,37,47)(H,38,50)(H,42,45)(H,43,46)(H,55,56)(H,57,58)(H2,36,39,40)(H2,52,53,54). The maximum Gasteiger partial charge on any atom is 0.481 e. The fraction of sp³-hybridized carbons (Fsp3) is 0.500. The Kier molecular flexibility index (Phi) is 20.5. The van der Waals surface area contributed by atoms with Crippen LogP contribution >= 0.6 is 103 Å². The Morgan fingerprint density at radius 2 is 1.52 bits per heavy atom. The number of rotatable bonds is 22. The first-order valence-corrected chi connectivity index (χ1v) is 27.5. The Morgan fingerprint density at radius 3 is 2.10 bits per heavy atom. The minimum atomic E-state index is -5.62. The number of phosphoric ester groups is 3. The average molecular weight is 1360 g/mol. The van der Waals surface area contributed by atoms with Gasteiger partial charge in [0.25, 0.3) is 0 Å². The van der Waals surface area contributed by atoms with Gasteiger partial charge in [-0.2, -0.15) is 4.31 Å². The summed E-state index contributed by atoms with van der Waals surface area (Å²) in [5, 5.41) is 31.5. The quantitative estimate of drug-likeness (QED) is 0.0387. The number of nitrogens with one attached hydrogen (secondary N) is 4. The molecule has 1 aliphatic heterocycles. The van der Waals surface area contributed by atoms with Gasteiger partial charge in [-0.25, -0.2) is 28.6 Å². The van der Waals surface area contributed by atoms with Crippen LogP contribution in [-0.4, -0.2) is 135 Å². The highest BCUT2D eigenvalue weighted by Gasteiger charge is 2.50. The molecule has 12 N–H and O–H groups in total. The van der Waals surface area contributed by atoms with Gasteiger partial charge in [-0.15, -0.1) is 0 Å². The zero-order chi connectivity index (χ0) is 50.4. The zero-order valence-electron chi connectivity index (χ0n) is 35.0. The topological polar surface area (TPSA) is 422 Å². The van der Waals surface area contributed by atoms with E-state index in [1.54, 1.807) is 0 Å². The monoisotopic (exact) mass is 1360 g/mol. The first kappa shape index (κ1) is 57.5. The van der Waals surface area contributed by atoms with Crippen molar-refractivity contribution < 1.29 is 90.1 Å². The minimum Gasteiger partial charge on any atom is -0.386 e. The third kappa shape index (κ3) is 16.0. The number of nitrogens with zero attached hydrogens (tertiary/aromatic N) is 4. The smallest absolute Gasteiger partial charge is 0.386 e. The van der Waals surface area contributed by atoms with E-state index < -0.39 is 89.7 Å². The molecule has 7 atom stereocenters. The van der Waals surface area contributed by atoms with E-state index in [0.29, 0.717) is 22.1 Å². The Labute approximate surface area is 424 Å². The van der Waals surface area contributed by atoms with E-state index in [-0.39, 0.29) is 59.6 Å². The van der Waals surface area contributed by atoms with Crippen LogP contribution in [0.25, 0.3) is 11.2 Å². The lowest BCUT2D eigenvalue weighted by molar-refractivity contribution is -0.137. The lowest BCUT2D eigenvalue weighted by Gasteiger charge is -2.30. The second kappa shape index (κ2) is 23.9. The lowest BCUT2D eigenvalue weighted by atomic mass is 9.87. The van der Waals surface area contributed by atoms with Gasteiger partial charge in [0.2, 0.25) is 28.7 Å². The number of thioether (sulfide) groups is 1. The number of aliphatic hydroxyl groups is 2. The molecular weight excluding hydrogens is 1320 g/mol. The van der Waals surface area contributed by atoms with Gasteiger partial charge < -0.3 is 61.5 Å². The molecule has 1 aliphatic rings. The summed E-state index contributed by atoms with van der Waals surface area (Å²) >= 11 is 6.70. The number of nitrogen functional groups attached to an aromatic ring is 1. The van der Waals surface area contributed by atoms with E-state index >= 15 is 0 Å². The van der Waals surface area contributed by atoms with Crippen LogP contribution in [0, 0.1) is 16.1 Å². The Morgan fingerprint density at radius 1 is 0.925 bits per heavy atom. The highest BCUT2D eigenvalue weighted by atomic mass is 127. The normalized spacial score (nSPS) is 19.8. The van der Waals surface area contributed by atoms with Crippen molar-refractivity contribution in [2.24, 2.45) is 5.41 Å². The van der Waals surface area contributed by atoms with E-state index in [2.05, 4.69) is 45.1 Å². The third-order valence-electron chi connectivity index (χ3n) is 8.86. The molecule has 1 fully saturated rings. The molecule has 0 bridgehead atoms. The fourth-order valence-corrected chi connectivity index (χ4v) is 13.9. The zero-order valence-corrected chi connectivity index (χ0v) is 45.0. The third-order valence-corrected chi connectivity index (χ3v) is 16.1. The number of imidazole rings is 1. The molecule has 28 nitrogen and oxygen atoms in total. The maximum absolute atomic E-state index is 13.3. The molecule has 4 rings (SSSR count). The molecule has 3 heterocycles. The van der Waals surface area contributed by atoms with E-state index in [1.807, 2.05) is 67.8 Å². The number of anilines is 3. The van der Waals surface area contributed by atoms with Gasteiger partial charge in [-0.1, -0.05) is 25.6 Å². The van der Waals surface area contributed by atoms with Crippen molar-refractivity contribution in [2.45, 2.75) is 64.8 Å². The first-order valence-electron chi connectivity index (χ1n) is 18.8. The van der Waals surface area contributed by atoms with Crippen LogP contribution in [0.4, 0.5) is 17.2 Å². The number of aromatic nitrogens is 4. The average Bonchev–Trinajstić information content (AvgIpc) is 3.77. The number of hydrogen-bond donors (Lipinski definition) is 11. The highest BCUT2D eigenvalue weighted by Crippen LogP contribution is 2.61. The summed E-state index contributed by atoms with van der Waals surface area (Å²) in [6.07, 6.45) is -7.19. The van der Waals surface area contributed by atoms with Crippen molar-refractivity contribution >= 4 is 160 Å². The van der Waals surface area contributed by atoms with Crippen molar-refractivity contribution in [3.63, 3.8) is 0 Å². The fourth-order valence-electron chi connectivity index (χ4n) is 5.76. The number of hydrogen-bond acceptors (Lipinski definition) is 20. The molecule has 1 aromatic carbocycles. The molecule has 0 radical (unpaired) electrons.